The van der Waals surface area contributed by atoms with E-state index in [-0.39, 0.29) is 11.9 Å². The van der Waals surface area contributed by atoms with Crippen molar-refractivity contribution in [2.75, 3.05) is 12.4 Å². The number of methoxy groups -OCH3 is 1. The lowest BCUT2D eigenvalue weighted by atomic mass is 10.2. The van der Waals surface area contributed by atoms with E-state index < -0.39 is 0 Å². The molecule has 0 fully saturated rings. The van der Waals surface area contributed by atoms with Gasteiger partial charge in [0.25, 0.3) is 5.91 Å². The van der Waals surface area contributed by atoms with E-state index in [2.05, 4.69) is 25.2 Å². The number of aryl methyl sites for hydroxylation is 1. The number of H-pyrrole nitrogens is 1. The Labute approximate surface area is 119 Å². The summed E-state index contributed by atoms with van der Waals surface area (Å²) < 4.78 is 4.56. The molecule has 0 saturated heterocycles. The van der Waals surface area contributed by atoms with Gasteiger partial charge in [-0.25, -0.2) is 4.98 Å². The Morgan fingerprint density at radius 1 is 1.50 bits per heavy atom. The zero-order valence-corrected chi connectivity index (χ0v) is 11.7. The lowest BCUT2D eigenvalue weighted by Crippen LogP contribution is -2.12. The molecule has 20 heavy (non-hydrogen) atoms. The first-order valence-corrected chi connectivity index (χ1v) is 6.89. The maximum Gasteiger partial charge on any atom is 0.305 e. The number of nitrogens with zero attached hydrogens (tertiary/aromatic N) is 2. The number of esters is 1. The molecule has 7 nitrogen and oxygen atoms in total. The van der Waals surface area contributed by atoms with E-state index in [4.69, 9.17) is 0 Å². The lowest BCUT2D eigenvalue weighted by Gasteiger charge is -1.98. The SMILES string of the molecule is COC(=O)CCCc1csc(NC(=O)c2ccn[nH]2)n1. The summed E-state index contributed by atoms with van der Waals surface area (Å²) in [6, 6.07) is 1.58. The quantitative estimate of drug-likeness (QED) is 0.789. The smallest absolute Gasteiger partial charge is 0.305 e. The van der Waals surface area contributed by atoms with Crippen LogP contribution in [-0.4, -0.2) is 34.2 Å². The fourth-order valence-electron chi connectivity index (χ4n) is 1.54. The highest BCUT2D eigenvalue weighted by Gasteiger charge is 2.10. The Morgan fingerprint density at radius 3 is 3.05 bits per heavy atom. The Bertz CT molecular complexity index is 579. The van der Waals surface area contributed by atoms with Crippen LogP contribution in [0.3, 0.4) is 0 Å². The molecule has 0 aliphatic heterocycles. The number of nitrogens with one attached hydrogen (secondary N) is 2. The minimum atomic E-state index is -0.280. The highest BCUT2D eigenvalue weighted by atomic mass is 32.1. The second-order valence-electron chi connectivity index (χ2n) is 4.00. The van der Waals surface area contributed by atoms with Crippen LogP contribution in [0.5, 0.6) is 0 Å². The predicted octanol–water partition coefficient (Wildman–Crippen LogP) is 1.61. The number of amides is 1. The molecule has 0 radical (unpaired) electrons. The zero-order valence-electron chi connectivity index (χ0n) is 10.9. The van der Waals surface area contributed by atoms with Crippen LogP contribution in [0.4, 0.5) is 5.13 Å². The summed E-state index contributed by atoms with van der Waals surface area (Å²) in [5.74, 6) is -0.508. The first-order valence-electron chi connectivity index (χ1n) is 6.01. The predicted molar refractivity (Wildman–Crippen MR) is 73.6 cm³/mol. The van der Waals surface area contributed by atoms with Gasteiger partial charge in [-0.05, 0) is 18.9 Å². The standard InChI is InChI=1S/C12H14N4O3S/c1-19-10(17)4-2-3-8-7-20-12(14-8)15-11(18)9-5-6-13-16-9/h5-7H,2-4H2,1H3,(H,13,16)(H,14,15,18). The van der Waals surface area contributed by atoms with Gasteiger partial charge in [0.1, 0.15) is 5.69 Å². The van der Waals surface area contributed by atoms with Gasteiger partial charge < -0.3 is 4.74 Å². The van der Waals surface area contributed by atoms with Gasteiger partial charge >= 0.3 is 5.97 Å². The van der Waals surface area contributed by atoms with E-state index in [0.717, 1.165) is 5.69 Å². The molecule has 0 spiro atoms. The molecule has 2 rings (SSSR count). The average molecular weight is 294 g/mol. The molecule has 2 N–H and O–H groups in total. The molecule has 1 amide bonds. The second-order valence-corrected chi connectivity index (χ2v) is 4.86. The van der Waals surface area contributed by atoms with Crippen LogP contribution in [0.1, 0.15) is 29.0 Å². The average Bonchev–Trinajstić information content (AvgIpc) is 3.10. The third-order valence-corrected chi connectivity index (χ3v) is 3.37. The van der Waals surface area contributed by atoms with E-state index in [0.29, 0.717) is 30.1 Å². The monoisotopic (exact) mass is 294 g/mol. The summed E-state index contributed by atoms with van der Waals surface area (Å²) in [7, 11) is 1.37. The van der Waals surface area contributed by atoms with Crippen LogP contribution in [0.2, 0.25) is 0 Å². The number of carbonyl (C=O) groups is 2. The number of carbonyl (C=O) groups excluding carboxylic acids is 2. The molecular formula is C12H14N4O3S. The summed E-state index contributed by atoms with van der Waals surface area (Å²) in [6.07, 6.45) is 3.22. The Morgan fingerprint density at radius 2 is 2.35 bits per heavy atom. The summed E-state index contributed by atoms with van der Waals surface area (Å²) in [5, 5.41) is 11.4. The van der Waals surface area contributed by atoms with E-state index in [1.165, 1.54) is 24.6 Å². The van der Waals surface area contributed by atoms with Gasteiger partial charge in [-0.2, -0.15) is 5.10 Å². The number of hydrogen-bond acceptors (Lipinski definition) is 6. The number of rotatable bonds is 6. The number of thiazole rings is 1. The topological polar surface area (TPSA) is 97.0 Å². The number of anilines is 1. The van der Waals surface area contributed by atoms with Crippen molar-refractivity contribution in [2.24, 2.45) is 0 Å². The third-order valence-electron chi connectivity index (χ3n) is 2.56. The van der Waals surface area contributed by atoms with Crippen LogP contribution in [0.25, 0.3) is 0 Å². The van der Waals surface area contributed by atoms with Gasteiger partial charge in [0.05, 0.1) is 12.8 Å². The van der Waals surface area contributed by atoms with Gasteiger partial charge in [0.2, 0.25) is 0 Å². The lowest BCUT2D eigenvalue weighted by molar-refractivity contribution is -0.140. The normalized spacial score (nSPS) is 10.2. The second kappa shape index (κ2) is 6.80. The molecule has 0 aromatic carbocycles. The van der Waals surface area contributed by atoms with Crippen LogP contribution >= 0.6 is 11.3 Å². The van der Waals surface area contributed by atoms with Gasteiger partial charge in [-0.1, -0.05) is 0 Å². The summed E-state index contributed by atoms with van der Waals surface area (Å²) in [5.41, 5.74) is 1.23. The van der Waals surface area contributed by atoms with Crippen molar-refractivity contribution in [3.63, 3.8) is 0 Å². The van der Waals surface area contributed by atoms with Crippen LogP contribution in [-0.2, 0) is 16.0 Å². The fraction of sp³-hybridized carbons (Fsp3) is 0.333. The largest absolute Gasteiger partial charge is 0.469 e. The van der Waals surface area contributed by atoms with Crippen LogP contribution in [0, 0.1) is 0 Å². The molecule has 106 valence electrons. The summed E-state index contributed by atoms with van der Waals surface area (Å²) in [6.45, 7) is 0. The van der Waals surface area contributed by atoms with Gasteiger partial charge in [0.15, 0.2) is 5.13 Å². The van der Waals surface area contributed by atoms with Crippen LogP contribution in [0.15, 0.2) is 17.6 Å². The van der Waals surface area contributed by atoms with Gasteiger partial charge in [-0.15, -0.1) is 11.3 Å². The molecule has 2 heterocycles. The minimum Gasteiger partial charge on any atom is -0.469 e. The molecule has 0 saturated carbocycles. The van der Waals surface area contributed by atoms with Gasteiger partial charge in [0, 0.05) is 18.0 Å². The Kier molecular flexibility index (Phi) is 4.83. The molecule has 0 bridgehead atoms. The fourth-order valence-corrected chi connectivity index (χ4v) is 2.28. The van der Waals surface area contributed by atoms with Crippen molar-refractivity contribution in [1.29, 1.82) is 0 Å². The van der Waals surface area contributed by atoms with Crippen molar-refractivity contribution in [3.05, 3.63) is 29.0 Å². The number of aromatic amines is 1. The summed E-state index contributed by atoms with van der Waals surface area (Å²) in [4.78, 5) is 27.0. The van der Waals surface area contributed by atoms with E-state index in [1.807, 2.05) is 5.38 Å². The summed E-state index contributed by atoms with van der Waals surface area (Å²) >= 11 is 1.35. The molecular weight excluding hydrogens is 280 g/mol. The molecule has 0 aliphatic rings. The van der Waals surface area contributed by atoms with Crippen molar-refractivity contribution in [3.8, 4) is 0 Å². The number of hydrogen-bond donors (Lipinski definition) is 2. The first kappa shape index (κ1) is 14.2. The number of ether oxygens (including phenoxy) is 1. The zero-order chi connectivity index (χ0) is 14.4. The van der Waals surface area contributed by atoms with E-state index in [1.54, 1.807) is 6.07 Å². The van der Waals surface area contributed by atoms with Gasteiger partial charge in [-0.3, -0.25) is 20.0 Å². The Hall–Kier alpha value is -2.22. The maximum atomic E-state index is 11.7. The third kappa shape index (κ3) is 3.89. The Balaban J connectivity index is 1.83. The van der Waals surface area contributed by atoms with E-state index in [9.17, 15) is 9.59 Å². The van der Waals surface area contributed by atoms with Crippen molar-refractivity contribution < 1.29 is 14.3 Å². The highest BCUT2D eigenvalue weighted by Crippen LogP contribution is 2.17. The molecule has 2 aromatic heterocycles. The first-order chi connectivity index (χ1) is 9.69. The molecule has 0 atom stereocenters. The van der Waals surface area contributed by atoms with Crippen LogP contribution < -0.4 is 5.32 Å². The number of aromatic nitrogens is 3. The maximum absolute atomic E-state index is 11.7. The van der Waals surface area contributed by atoms with Crippen molar-refractivity contribution in [2.45, 2.75) is 19.3 Å². The highest BCUT2D eigenvalue weighted by molar-refractivity contribution is 7.13. The van der Waals surface area contributed by atoms with E-state index >= 15 is 0 Å². The molecule has 0 aliphatic carbocycles. The minimum absolute atomic E-state index is 0.229. The molecule has 2 aromatic rings. The molecule has 0 unspecified atom stereocenters. The van der Waals surface area contributed by atoms with Crippen molar-refractivity contribution in [1.82, 2.24) is 15.2 Å². The molecule has 8 heteroatoms. The van der Waals surface area contributed by atoms with Crippen molar-refractivity contribution >= 4 is 28.3 Å².